The van der Waals surface area contributed by atoms with Crippen LogP contribution in [-0.4, -0.2) is 58.3 Å². The molecule has 1 saturated heterocycles. The number of methoxy groups -OCH3 is 1. The van der Waals surface area contributed by atoms with Crippen molar-refractivity contribution in [2.45, 2.75) is 51.4 Å². The Morgan fingerprint density at radius 2 is 1.95 bits per heavy atom. The Labute approximate surface area is 123 Å². The first-order valence-corrected chi connectivity index (χ1v) is 7.15. The summed E-state index contributed by atoms with van der Waals surface area (Å²) in [6, 6.07) is -0.840. The summed E-state index contributed by atoms with van der Waals surface area (Å²) in [5.74, 6) is -6.44. The van der Waals surface area contributed by atoms with E-state index in [-0.39, 0.29) is 6.54 Å². The molecule has 1 aliphatic heterocycles. The van der Waals surface area contributed by atoms with Crippen LogP contribution in [0.4, 0.5) is 0 Å². The molecule has 1 amide bonds. The second kappa shape index (κ2) is 7.00. The first-order valence-electron chi connectivity index (χ1n) is 7.15. The number of esters is 1. The van der Waals surface area contributed by atoms with Crippen molar-refractivity contribution in [3.05, 3.63) is 0 Å². The number of amides is 1. The molecule has 0 saturated carbocycles. The van der Waals surface area contributed by atoms with Gasteiger partial charge in [0.2, 0.25) is 5.79 Å². The minimum atomic E-state index is -2.72. The Balaban J connectivity index is 2.94. The smallest absolute Gasteiger partial charge is 0.328 e. The quantitative estimate of drug-likeness (QED) is 0.415. The van der Waals surface area contributed by atoms with Crippen molar-refractivity contribution in [3.8, 4) is 0 Å². The van der Waals surface area contributed by atoms with Crippen molar-refractivity contribution in [2.24, 2.45) is 5.92 Å². The van der Waals surface area contributed by atoms with Gasteiger partial charge in [-0.05, 0) is 25.7 Å². The molecule has 1 fully saturated rings. The van der Waals surface area contributed by atoms with Crippen molar-refractivity contribution in [3.63, 3.8) is 0 Å². The minimum absolute atomic E-state index is 0.223. The fourth-order valence-electron chi connectivity index (χ4n) is 2.35. The Morgan fingerprint density at radius 1 is 1.33 bits per heavy atom. The van der Waals surface area contributed by atoms with Crippen LogP contribution < -0.4 is 0 Å². The summed E-state index contributed by atoms with van der Waals surface area (Å²) in [6.07, 6.45) is 2.12. The number of nitrogens with zero attached hydrogens (tertiary/aromatic N) is 1. The van der Waals surface area contributed by atoms with Gasteiger partial charge in [0.1, 0.15) is 6.04 Å². The van der Waals surface area contributed by atoms with Crippen molar-refractivity contribution in [1.82, 2.24) is 4.90 Å². The van der Waals surface area contributed by atoms with Gasteiger partial charge in [-0.2, -0.15) is 0 Å². The molecule has 0 aromatic carbocycles. The van der Waals surface area contributed by atoms with E-state index in [9.17, 15) is 24.6 Å². The first kappa shape index (κ1) is 17.6. The molecular formula is C14H23NO6. The van der Waals surface area contributed by atoms with E-state index < -0.39 is 35.4 Å². The summed E-state index contributed by atoms with van der Waals surface area (Å²) in [4.78, 5) is 37.1. The number of hydrogen-bond donors (Lipinski definition) is 2. The van der Waals surface area contributed by atoms with Crippen LogP contribution in [0.3, 0.4) is 0 Å². The summed E-state index contributed by atoms with van der Waals surface area (Å²) >= 11 is 0. The Kier molecular flexibility index (Phi) is 5.86. The van der Waals surface area contributed by atoms with Gasteiger partial charge in [0.15, 0.2) is 0 Å². The van der Waals surface area contributed by atoms with E-state index in [1.54, 1.807) is 6.92 Å². The molecule has 1 heterocycles. The van der Waals surface area contributed by atoms with E-state index in [1.165, 1.54) is 14.0 Å². The number of hydrogen-bond acceptors (Lipinski definition) is 6. The molecule has 7 nitrogen and oxygen atoms in total. The molecular weight excluding hydrogens is 278 g/mol. The zero-order valence-electron chi connectivity index (χ0n) is 12.7. The second-order valence-corrected chi connectivity index (χ2v) is 5.40. The van der Waals surface area contributed by atoms with Crippen LogP contribution in [0.1, 0.15) is 39.5 Å². The van der Waals surface area contributed by atoms with Gasteiger partial charge in [-0.15, -0.1) is 0 Å². The molecule has 1 rings (SSSR count). The van der Waals surface area contributed by atoms with Crippen molar-refractivity contribution in [1.29, 1.82) is 0 Å². The van der Waals surface area contributed by atoms with Gasteiger partial charge in [0.25, 0.3) is 11.7 Å². The normalized spacial score (nSPS) is 20.8. The third-order valence-electron chi connectivity index (χ3n) is 4.06. The third kappa shape index (κ3) is 3.59. The van der Waals surface area contributed by atoms with Gasteiger partial charge in [-0.1, -0.05) is 13.8 Å². The monoisotopic (exact) mass is 301 g/mol. The molecule has 120 valence electrons. The molecule has 2 atom stereocenters. The molecule has 0 spiro atoms. The molecule has 0 aliphatic carbocycles. The maximum atomic E-state index is 12.2. The molecule has 0 unspecified atom stereocenters. The highest BCUT2D eigenvalue weighted by Crippen LogP contribution is 2.23. The average Bonchev–Trinajstić information content (AvgIpc) is 2.51. The fourth-order valence-corrected chi connectivity index (χ4v) is 2.35. The lowest BCUT2D eigenvalue weighted by Gasteiger charge is -2.35. The molecule has 21 heavy (non-hydrogen) atoms. The highest BCUT2D eigenvalue weighted by Gasteiger charge is 2.46. The number of Topliss-reactive ketones (excluding diaryl/α,β-unsaturated/α-hetero) is 1. The van der Waals surface area contributed by atoms with Gasteiger partial charge < -0.3 is 19.8 Å². The number of ether oxygens (including phenoxy) is 1. The zero-order valence-corrected chi connectivity index (χ0v) is 12.7. The highest BCUT2D eigenvalue weighted by molar-refractivity contribution is 6.39. The van der Waals surface area contributed by atoms with Crippen molar-refractivity contribution < 1.29 is 29.3 Å². The maximum Gasteiger partial charge on any atom is 0.328 e. The van der Waals surface area contributed by atoms with E-state index in [4.69, 9.17) is 0 Å². The van der Waals surface area contributed by atoms with Crippen LogP contribution in [0.5, 0.6) is 0 Å². The fraction of sp³-hybridized carbons (Fsp3) is 0.786. The summed E-state index contributed by atoms with van der Waals surface area (Å²) in [5, 5.41) is 19.8. The van der Waals surface area contributed by atoms with Gasteiger partial charge in [-0.25, -0.2) is 4.79 Å². The number of aliphatic hydroxyl groups is 2. The summed E-state index contributed by atoms with van der Waals surface area (Å²) in [7, 11) is 1.21. The number of rotatable bonds is 5. The standard InChI is InChI=1S/C14H23NO6/c1-4-9(2)14(19,20)11(16)12(17)15-8-6-5-7-10(15)13(18)21-3/h9-10,19-20H,4-8H2,1-3H3/t9-,10+/m1/s1. The van der Waals surface area contributed by atoms with Crippen LogP contribution in [0.2, 0.25) is 0 Å². The molecule has 0 aromatic rings. The molecule has 0 radical (unpaired) electrons. The molecule has 2 N–H and O–H groups in total. The summed E-state index contributed by atoms with van der Waals surface area (Å²) in [6.45, 7) is 3.38. The number of likely N-dealkylation sites (tertiary alicyclic amines) is 1. The number of piperidine rings is 1. The molecule has 0 aromatic heterocycles. The Bertz CT molecular complexity index is 420. The van der Waals surface area contributed by atoms with Crippen LogP contribution in [0.15, 0.2) is 0 Å². The van der Waals surface area contributed by atoms with E-state index in [1.807, 2.05) is 0 Å². The van der Waals surface area contributed by atoms with E-state index in [0.717, 1.165) is 11.3 Å². The zero-order chi connectivity index (χ0) is 16.2. The Hall–Kier alpha value is -1.47. The van der Waals surface area contributed by atoms with Crippen LogP contribution in [0.25, 0.3) is 0 Å². The van der Waals surface area contributed by atoms with Crippen molar-refractivity contribution in [2.75, 3.05) is 13.7 Å². The van der Waals surface area contributed by atoms with Crippen LogP contribution >= 0.6 is 0 Å². The van der Waals surface area contributed by atoms with Crippen LogP contribution in [0, 0.1) is 5.92 Å². The summed E-state index contributed by atoms with van der Waals surface area (Å²) < 4.78 is 4.63. The number of carbonyl (C=O) groups excluding carboxylic acids is 3. The van der Waals surface area contributed by atoms with E-state index in [0.29, 0.717) is 19.3 Å². The molecule has 0 bridgehead atoms. The topological polar surface area (TPSA) is 104 Å². The lowest BCUT2D eigenvalue weighted by molar-refractivity contribution is -0.204. The average molecular weight is 301 g/mol. The first-order chi connectivity index (χ1) is 9.77. The molecule has 7 heteroatoms. The summed E-state index contributed by atoms with van der Waals surface area (Å²) in [5.41, 5.74) is 0. The largest absolute Gasteiger partial charge is 0.467 e. The second-order valence-electron chi connectivity index (χ2n) is 5.40. The van der Waals surface area contributed by atoms with Gasteiger partial charge in [0, 0.05) is 12.5 Å². The lowest BCUT2D eigenvalue weighted by atomic mass is 9.92. The third-order valence-corrected chi connectivity index (χ3v) is 4.06. The van der Waals surface area contributed by atoms with Gasteiger partial charge in [0.05, 0.1) is 7.11 Å². The predicted octanol–water partition coefficient (Wildman–Crippen LogP) is -0.163. The van der Waals surface area contributed by atoms with Crippen molar-refractivity contribution >= 4 is 17.7 Å². The van der Waals surface area contributed by atoms with E-state index in [2.05, 4.69) is 4.74 Å². The number of ketones is 1. The SMILES string of the molecule is CC[C@@H](C)C(O)(O)C(=O)C(=O)N1CCCC[C@H]1C(=O)OC. The lowest BCUT2D eigenvalue weighted by Crippen LogP contribution is -2.57. The highest BCUT2D eigenvalue weighted by atomic mass is 16.5. The van der Waals surface area contributed by atoms with Crippen LogP contribution in [-0.2, 0) is 19.1 Å². The van der Waals surface area contributed by atoms with E-state index >= 15 is 0 Å². The Morgan fingerprint density at radius 3 is 2.48 bits per heavy atom. The maximum absolute atomic E-state index is 12.2. The minimum Gasteiger partial charge on any atom is -0.467 e. The number of carbonyl (C=O) groups is 3. The predicted molar refractivity (Wildman–Crippen MR) is 73.0 cm³/mol. The van der Waals surface area contributed by atoms with Gasteiger partial charge in [-0.3, -0.25) is 9.59 Å². The van der Waals surface area contributed by atoms with Gasteiger partial charge >= 0.3 is 5.97 Å². The molecule has 1 aliphatic rings.